The van der Waals surface area contributed by atoms with Crippen LogP contribution in [0.1, 0.15) is 47.0 Å². The SMILES string of the molecule is CCCCOCC(O)CNCC(C)(C)CC. The first kappa shape index (κ1) is 15.9. The molecule has 3 heteroatoms. The normalized spacial score (nSPS) is 14.1. The lowest BCUT2D eigenvalue weighted by Gasteiger charge is -2.23. The second-order valence-electron chi connectivity index (χ2n) is 5.23. The topological polar surface area (TPSA) is 41.5 Å². The minimum atomic E-state index is -0.385. The lowest BCUT2D eigenvalue weighted by Crippen LogP contribution is -2.36. The van der Waals surface area contributed by atoms with Crippen molar-refractivity contribution in [2.75, 3.05) is 26.3 Å². The van der Waals surface area contributed by atoms with Gasteiger partial charge >= 0.3 is 0 Å². The lowest BCUT2D eigenvalue weighted by molar-refractivity contribution is 0.0348. The number of aliphatic hydroxyl groups is 1. The molecular weight excluding hydrogens is 202 g/mol. The molecule has 0 saturated heterocycles. The predicted molar refractivity (Wildman–Crippen MR) is 68.7 cm³/mol. The molecule has 0 aromatic carbocycles. The maximum atomic E-state index is 9.63. The number of rotatable bonds is 10. The molecule has 0 bridgehead atoms. The first-order valence-corrected chi connectivity index (χ1v) is 6.48. The second kappa shape index (κ2) is 8.97. The molecule has 0 fully saturated rings. The van der Waals surface area contributed by atoms with Crippen molar-refractivity contribution < 1.29 is 9.84 Å². The molecule has 0 amide bonds. The lowest BCUT2D eigenvalue weighted by atomic mass is 9.90. The summed E-state index contributed by atoms with van der Waals surface area (Å²) in [7, 11) is 0. The summed E-state index contributed by atoms with van der Waals surface area (Å²) in [4.78, 5) is 0. The fraction of sp³-hybridized carbons (Fsp3) is 1.00. The van der Waals surface area contributed by atoms with Crippen LogP contribution in [0.4, 0.5) is 0 Å². The Kier molecular flexibility index (Phi) is 8.90. The van der Waals surface area contributed by atoms with E-state index in [0.29, 0.717) is 18.6 Å². The van der Waals surface area contributed by atoms with Crippen LogP contribution in [0.25, 0.3) is 0 Å². The van der Waals surface area contributed by atoms with E-state index in [1.807, 2.05) is 0 Å². The first-order valence-electron chi connectivity index (χ1n) is 6.48. The highest BCUT2D eigenvalue weighted by atomic mass is 16.5. The van der Waals surface area contributed by atoms with Gasteiger partial charge in [-0.1, -0.05) is 34.1 Å². The van der Waals surface area contributed by atoms with Gasteiger partial charge in [-0.25, -0.2) is 0 Å². The summed E-state index contributed by atoms with van der Waals surface area (Å²) in [6.45, 7) is 11.5. The minimum Gasteiger partial charge on any atom is -0.389 e. The number of ether oxygens (including phenoxy) is 1. The van der Waals surface area contributed by atoms with Gasteiger partial charge < -0.3 is 15.2 Å². The van der Waals surface area contributed by atoms with Crippen LogP contribution in [0.5, 0.6) is 0 Å². The molecule has 16 heavy (non-hydrogen) atoms. The zero-order valence-electron chi connectivity index (χ0n) is 11.4. The van der Waals surface area contributed by atoms with E-state index in [1.165, 1.54) is 0 Å². The van der Waals surface area contributed by atoms with Crippen LogP contribution in [0.15, 0.2) is 0 Å². The quantitative estimate of drug-likeness (QED) is 0.566. The number of aliphatic hydroxyl groups excluding tert-OH is 1. The third kappa shape index (κ3) is 9.13. The van der Waals surface area contributed by atoms with Crippen LogP contribution in [-0.2, 0) is 4.74 Å². The highest BCUT2D eigenvalue weighted by Gasteiger charge is 2.14. The highest BCUT2D eigenvalue weighted by molar-refractivity contribution is 4.70. The number of hydrogen-bond acceptors (Lipinski definition) is 3. The van der Waals surface area contributed by atoms with Crippen LogP contribution in [0, 0.1) is 5.41 Å². The molecule has 1 unspecified atom stereocenters. The zero-order valence-corrected chi connectivity index (χ0v) is 11.4. The van der Waals surface area contributed by atoms with E-state index in [4.69, 9.17) is 4.74 Å². The molecule has 0 radical (unpaired) electrons. The maximum absolute atomic E-state index is 9.63. The highest BCUT2D eigenvalue weighted by Crippen LogP contribution is 2.17. The fourth-order valence-electron chi connectivity index (χ4n) is 1.23. The van der Waals surface area contributed by atoms with Crippen LogP contribution >= 0.6 is 0 Å². The third-order valence-corrected chi connectivity index (χ3v) is 2.89. The van der Waals surface area contributed by atoms with Crippen molar-refractivity contribution in [1.29, 1.82) is 0 Å². The minimum absolute atomic E-state index is 0.308. The number of nitrogens with one attached hydrogen (secondary N) is 1. The van der Waals surface area contributed by atoms with Crippen LogP contribution in [-0.4, -0.2) is 37.5 Å². The number of unbranched alkanes of at least 4 members (excludes halogenated alkanes) is 1. The van der Waals surface area contributed by atoms with Crippen LogP contribution in [0.2, 0.25) is 0 Å². The van der Waals surface area contributed by atoms with E-state index < -0.39 is 0 Å². The van der Waals surface area contributed by atoms with Gasteiger partial charge in [0, 0.05) is 19.7 Å². The average Bonchev–Trinajstić information content (AvgIpc) is 2.24. The molecule has 0 aliphatic rings. The van der Waals surface area contributed by atoms with Crippen molar-refractivity contribution in [3.63, 3.8) is 0 Å². The van der Waals surface area contributed by atoms with Crippen molar-refractivity contribution in [2.24, 2.45) is 5.41 Å². The molecule has 0 aliphatic heterocycles. The molecule has 98 valence electrons. The first-order chi connectivity index (χ1) is 7.52. The Hall–Kier alpha value is -0.120. The summed E-state index contributed by atoms with van der Waals surface area (Å²) in [6.07, 6.45) is 2.97. The Bertz CT molecular complexity index is 160. The molecule has 0 spiro atoms. The summed E-state index contributed by atoms with van der Waals surface area (Å²) in [6, 6.07) is 0. The van der Waals surface area contributed by atoms with Crippen molar-refractivity contribution in [3.05, 3.63) is 0 Å². The van der Waals surface area contributed by atoms with Gasteiger partial charge in [0.1, 0.15) is 0 Å². The second-order valence-corrected chi connectivity index (χ2v) is 5.23. The molecule has 0 heterocycles. The zero-order chi connectivity index (χ0) is 12.4. The largest absolute Gasteiger partial charge is 0.389 e. The fourth-order valence-corrected chi connectivity index (χ4v) is 1.23. The molecule has 0 aromatic heterocycles. The predicted octanol–water partition coefficient (Wildman–Crippen LogP) is 2.19. The monoisotopic (exact) mass is 231 g/mol. The molecule has 1 atom stereocenters. The Balaban J connectivity index is 3.40. The summed E-state index contributed by atoms with van der Waals surface area (Å²) in [5, 5.41) is 12.9. The van der Waals surface area contributed by atoms with E-state index in [0.717, 1.165) is 32.4 Å². The van der Waals surface area contributed by atoms with E-state index in [9.17, 15) is 5.11 Å². The summed E-state index contributed by atoms with van der Waals surface area (Å²) in [5.41, 5.74) is 0.308. The van der Waals surface area contributed by atoms with Crippen molar-refractivity contribution in [2.45, 2.75) is 53.1 Å². The van der Waals surface area contributed by atoms with Crippen molar-refractivity contribution >= 4 is 0 Å². The average molecular weight is 231 g/mol. The Morgan fingerprint density at radius 3 is 2.56 bits per heavy atom. The van der Waals surface area contributed by atoms with Gasteiger partial charge in [-0.05, 0) is 18.3 Å². The molecule has 3 nitrogen and oxygen atoms in total. The Morgan fingerprint density at radius 1 is 1.31 bits per heavy atom. The molecular formula is C13H29NO2. The van der Waals surface area contributed by atoms with Crippen LogP contribution in [0.3, 0.4) is 0 Å². The van der Waals surface area contributed by atoms with Gasteiger partial charge in [0.05, 0.1) is 12.7 Å². The van der Waals surface area contributed by atoms with Crippen LogP contribution < -0.4 is 5.32 Å². The van der Waals surface area contributed by atoms with Crippen molar-refractivity contribution in [3.8, 4) is 0 Å². The van der Waals surface area contributed by atoms with E-state index >= 15 is 0 Å². The summed E-state index contributed by atoms with van der Waals surface area (Å²) >= 11 is 0. The summed E-state index contributed by atoms with van der Waals surface area (Å²) < 4.78 is 5.35. The van der Waals surface area contributed by atoms with Gasteiger partial charge in [-0.3, -0.25) is 0 Å². The summed E-state index contributed by atoms with van der Waals surface area (Å²) in [5.74, 6) is 0. The smallest absolute Gasteiger partial charge is 0.0897 e. The molecule has 2 N–H and O–H groups in total. The van der Waals surface area contributed by atoms with Gasteiger partial charge in [0.25, 0.3) is 0 Å². The van der Waals surface area contributed by atoms with Gasteiger partial charge in [-0.2, -0.15) is 0 Å². The van der Waals surface area contributed by atoms with Gasteiger partial charge in [0.15, 0.2) is 0 Å². The number of hydrogen-bond donors (Lipinski definition) is 2. The van der Waals surface area contributed by atoms with E-state index in [1.54, 1.807) is 0 Å². The molecule has 0 aromatic rings. The third-order valence-electron chi connectivity index (χ3n) is 2.89. The molecule has 0 aliphatic carbocycles. The van der Waals surface area contributed by atoms with Crippen molar-refractivity contribution in [1.82, 2.24) is 5.32 Å². The standard InChI is InChI=1S/C13H29NO2/c1-5-7-8-16-10-12(15)9-14-11-13(3,4)6-2/h12,14-15H,5-11H2,1-4H3. The van der Waals surface area contributed by atoms with Gasteiger partial charge in [-0.15, -0.1) is 0 Å². The Labute approximate surface area is 101 Å². The molecule has 0 saturated carbocycles. The Morgan fingerprint density at radius 2 is 2.00 bits per heavy atom. The van der Waals surface area contributed by atoms with E-state index in [-0.39, 0.29) is 6.10 Å². The maximum Gasteiger partial charge on any atom is 0.0897 e. The van der Waals surface area contributed by atoms with Gasteiger partial charge in [0.2, 0.25) is 0 Å². The molecule has 0 rings (SSSR count). The van der Waals surface area contributed by atoms with E-state index in [2.05, 4.69) is 33.0 Å².